The third kappa shape index (κ3) is 9.82. The number of aliphatic imine (C=N–C) groups is 1. The number of dihydropyridines is 1. The minimum Gasteiger partial charge on any atom is -0.301 e. The molecule has 0 aromatic heterocycles. The number of rotatable bonds is 11. The van der Waals surface area contributed by atoms with Gasteiger partial charge < -0.3 is 4.90 Å². The average Bonchev–Trinajstić information content (AvgIpc) is 2.70. The Morgan fingerprint density at radius 1 is 1.10 bits per heavy atom. The molecule has 3 heteroatoms. The molecule has 0 fully saturated rings. The minimum atomic E-state index is 0.548. The van der Waals surface area contributed by atoms with Crippen LogP contribution in [-0.4, -0.2) is 61.8 Å². The molecular weight excluding hydrogens is 366 g/mol. The Balaban J connectivity index is 1.98. The van der Waals surface area contributed by atoms with Crippen molar-refractivity contribution in [1.29, 1.82) is 0 Å². The Labute approximate surface area is 183 Å². The quantitative estimate of drug-likeness (QED) is 0.444. The second-order valence-electron chi connectivity index (χ2n) is 8.12. The third-order valence-electron chi connectivity index (χ3n) is 5.00. The van der Waals surface area contributed by atoms with Crippen LogP contribution in [0.5, 0.6) is 0 Å². The van der Waals surface area contributed by atoms with E-state index in [2.05, 4.69) is 98.0 Å². The van der Waals surface area contributed by atoms with Crippen molar-refractivity contribution in [2.24, 2.45) is 10.9 Å². The van der Waals surface area contributed by atoms with E-state index in [4.69, 9.17) is 4.99 Å². The largest absolute Gasteiger partial charge is 0.301 e. The summed E-state index contributed by atoms with van der Waals surface area (Å²) < 4.78 is 0. The molecule has 0 bridgehead atoms. The summed E-state index contributed by atoms with van der Waals surface area (Å²) >= 11 is 0. The Morgan fingerprint density at radius 2 is 1.90 bits per heavy atom. The van der Waals surface area contributed by atoms with E-state index in [9.17, 15) is 0 Å². The molecule has 1 heterocycles. The zero-order valence-electron chi connectivity index (χ0n) is 18.9. The summed E-state index contributed by atoms with van der Waals surface area (Å²) in [6, 6.07) is 0. The summed E-state index contributed by atoms with van der Waals surface area (Å²) in [6.07, 6.45) is 27.3. The van der Waals surface area contributed by atoms with Crippen molar-refractivity contribution in [3.05, 3.63) is 96.7 Å². The van der Waals surface area contributed by atoms with Crippen molar-refractivity contribution < 1.29 is 0 Å². The maximum absolute atomic E-state index is 4.78. The number of allylic oxidation sites excluding steroid dienone is 10. The van der Waals surface area contributed by atoms with E-state index in [1.807, 2.05) is 12.2 Å². The molecule has 0 aromatic carbocycles. The highest BCUT2D eigenvalue weighted by Crippen LogP contribution is 2.09. The van der Waals surface area contributed by atoms with E-state index in [0.29, 0.717) is 5.92 Å². The van der Waals surface area contributed by atoms with Crippen molar-refractivity contribution >= 4 is 5.71 Å². The zero-order valence-corrected chi connectivity index (χ0v) is 18.9. The average molecular weight is 404 g/mol. The predicted octanol–water partition coefficient (Wildman–Crippen LogP) is 5.16. The molecular formula is C27H37N3. The molecule has 160 valence electrons. The normalized spacial score (nSPS) is 24.3. The summed E-state index contributed by atoms with van der Waals surface area (Å²) in [7, 11) is 2.19. The lowest BCUT2D eigenvalue weighted by molar-refractivity contribution is 0.268. The molecule has 0 amide bonds. The lowest BCUT2D eigenvalue weighted by Gasteiger charge is -2.27. The van der Waals surface area contributed by atoms with E-state index in [-0.39, 0.29) is 0 Å². The predicted molar refractivity (Wildman–Crippen MR) is 133 cm³/mol. The lowest BCUT2D eigenvalue weighted by Crippen LogP contribution is -2.38. The highest BCUT2D eigenvalue weighted by Gasteiger charge is 2.13. The molecule has 2 rings (SSSR count). The highest BCUT2D eigenvalue weighted by atomic mass is 15.2. The van der Waals surface area contributed by atoms with Crippen LogP contribution in [0.2, 0.25) is 0 Å². The maximum atomic E-state index is 4.78. The first-order chi connectivity index (χ1) is 14.6. The molecule has 0 radical (unpaired) electrons. The number of hydrogen-bond donors (Lipinski definition) is 0. The van der Waals surface area contributed by atoms with Gasteiger partial charge in [0.05, 0.1) is 0 Å². The molecule has 1 atom stereocenters. The van der Waals surface area contributed by atoms with Gasteiger partial charge in [-0.2, -0.15) is 0 Å². The topological polar surface area (TPSA) is 18.8 Å². The highest BCUT2D eigenvalue weighted by molar-refractivity contribution is 5.97. The van der Waals surface area contributed by atoms with Crippen LogP contribution in [0.3, 0.4) is 0 Å². The first-order valence-electron chi connectivity index (χ1n) is 10.8. The molecule has 0 saturated carbocycles. The van der Waals surface area contributed by atoms with Gasteiger partial charge >= 0.3 is 0 Å². The first-order valence-corrected chi connectivity index (χ1v) is 10.8. The SMILES string of the molecule is C=C/C=C\C=C(/C)CN(C)CCN(CC1=NCC(C)C=C1)CC1=C/C=C\C=C\C=C\1. The van der Waals surface area contributed by atoms with Crippen molar-refractivity contribution in [1.82, 2.24) is 9.80 Å². The van der Waals surface area contributed by atoms with Gasteiger partial charge in [-0.15, -0.1) is 0 Å². The van der Waals surface area contributed by atoms with Crippen molar-refractivity contribution in [3.63, 3.8) is 0 Å². The fourth-order valence-corrected chi connectivity index (χ4v) is 3.33. The molecule has 30 heavy (non-hydrogen) atoms. The monoisotopic (exact) mass is 403 g/mol. The number of nitrogens with zero attached hydrogens (tertiary/aromatic N) is 3. The fraction of sp³-hybridized carbons (Fsp3) is 0.370. The molecule has 0 aromatic rings. The van der Waals surface area contributed by atoms with Gasteiger partial charge in [-0.25, -0.2) is 0 Å². The van der Waals surface area contributed by atoms with Crippen LogP contribution in [0.25, 0.3) is 0 Å². The smallest absolute Gasteiger partial charge is 0.0486 e. The van der Waals surface area contributed by atoms with Crippen molar-refractivity contribution in [3.8, 4) is 0 Å². The molecule has 0 spiro atoms. The summed E-state index contributed by atoms with van der Waals surface area (Å²) in [6.45, 7) is 13.8. The Kier molecular flexibility index (Phi) is 10.8. The van der Waals surface area contributed by atoms with Crippen LogP contribution < -0.4 is 0 Å². The zero-order chi connectivity index (χ0) is 21.6. The van der Waals surface area contributed by atoms with Gasteiger partial charge in [-0.1, -0.05) is 92.0 Å². The van der Waals surface area contributed by atoms with E-state index >= 15 is 0 Å². The van der Waals surface area contributed by atoms with Crippen LogP contribution in [0.15, 0.2) is 102 Å². The Hall–Kier alpha value is -2.49. The van der Waals surface area contributed by atoms with Gasteiger partial charge in [0, 0.05) is 45.0 Å². The number of hydrogen-bond acceptors (Lipinski definition) is 3. The second kappa shape index (κ2) is 13.7. The van der Waals surface area contributed by atoms with Gasteiger partial charge in [-0.05, 0) is 31.5 Å². The maximum Gasteiger partial charge on any atom is 0.0486 e. The van der Waals surface area contributed by atoms with Crippen LogP contribution in [0.4, 0.5) is 0 Å². The third-order valence-corrected chi connectivity index (χ3v) is 5.00. The summed E-state index contributed by atoms with van der Waals surface area (Å²) in [5, 5.41) is 0. The van der Waals surface area contributed by atoms with Gasteiger partial charge in [-0.3, -0.25) is 9.89 Å². The minimum absolute atomic E-state index is 0.548. The van der Waals surface area contributed by atoms with Crippen molar-refractivity contribution in [2.45, 2.75) is 13.8 Å². The van der Waals surface area contributed by atoms with Crippen LogP contribution in [-0.2, 0) is 0 Å². The van der Waals surface area contributed by atoms with Crippen LogP contribution in [0.1, 0.15) is 13.8 Å². The van der Waals surface area contributed by atoms with Crippen LogP contribution >= 0.6 is 0 Å². The van der Waals surface area contributed by atoms with Gasteiger partial charge in [0.1, 0.15) is 0 Å². The molecule has 0 saturated heterocycles. The molecule has 1 aliphatic heterocycles. The fourth-order valence-electron chi connectivity index (χ4n) is 3.33. The van der Waals surface area contributed by atoms with Gasteiger partial charge in [0.2, 0.25) is 0 Å². The first kappa shape index (κ1) is 23.8. The molecule has 1 aliphatic carbocycles. The Bertz CT molecular complexity index is 787. The molecule has 2 aliphatic rings. The molecule has 3 nitrogen and oxygen atoms in total. The van der Waals surface area contributed by atoms with E-state index in [1.165, 1.54) is 16.9 Å². The summed E-state index contributed by atoms with van der Waals surface area (Å²) in [5.74, 6) is 0.548. The second-order valence-corrected chi connectivity index (χ2v) is 8.12. The van der Waals surface area contributed by atoms with E-state index in [0.717, 1.165) is 39.3 Å². The molecule has 1 unspecified atom stereocenters. The molecule has 0 N–H and O–H groups in total. The van der Waals surface area contributed by atoms with Gasteiger partial charge in [0.25, 0.3) is 0 Å². The van der Waals surface area contributed by atoms with E-state index in [1.54, 1.807) is 6.08 Å². The standard InChI is InChI=1S/C27H37N3/c1-5-6-10-13-25(3)21-29(4)18-19-30(23-27-17-16-24(2)20-28-27)22-26-14-11-8-7-9-12-15-26/h5-17,24H,1,18-23H2,2-4H3/b8-7+,9-7?,10-6-,11-8?,12-9-,14-11+,15-12?,25-13+,26-14?,26-15+. The van der Waals surface area contributed by atoms with Crippen molar-refractivity contribution in [2.75, 3.05) is 46.3 Å². The van der Waals surface area contributed by atoms with Gasteiger partial charge in [0.15, 0.2) is 0 Å². The van der Waals surface area contributed by atoms with Crippen LogP contribution in [0, 0.1) is 5.92 Å². The summed E-state index contributed by atoms with van der Waals surface area (Å²) in [5.41, 5.74) is 3.85. The lowest BCUT2D eigenvalue weighted by atomic mass is 10.1. The summed E-state index contributed by atoms with van der Waals surface area (Å²) in [4.78, 5) is 9.66. The Morgan fingerprint density at radius 3 is 2.67 bits per heavy atom. The number of likely N-dealkylation sites (N-methyl/N-ethyl adjacent to an activating group) is 1. The van der Waals surface area contributed by atoms with E-state index < -0.39 is 0 Å².